The molecular formula is C21H26N2O2. The van der Waals surface area contributed by atoms with Gasteiger partial charge in [-0.2, -0.15) is 0 Å². The lowest BCUT2D eigenvalue weighted by Crippen LogP contribution is -2.48. The molecule has 0 aliphatic heterocycles. The number of aliphatic hydroxyl groups excluding tert-OH is 1. The number of nitrogens with one attached hydrogen (secondary N) is 1. The normalized spacial score (nSPS) is 14.4. The van der Waals surface area contributed by atoms with Crippen LogP contribution in [-0.4, -0.2) is 35.0 Å². The number of aliphatic hydroxyl groups is 1. The van der Waals surface area contributed by atoms with Crippen LogP contribution < -0.4 is 5.32 Å². The molecule has 0 aliphatic carbocycles. The van der Waals surface area contributed by atoms with Crippen molar-refractivity contribution in [2.45, 2.75) is 31.7 Å². The molecule has 132 valence electrons. The zero-order chi connectivity index (χ0) is 18.2. The van der Waals surface area contributed by atoms with Gasteiger partial charge in [0.15, 0.2) is 0 Å². The molecule has 4 nitrogen and oxygen atoms in total. The van der Waals surface area contributed by atoms with Crippen LogP contribution in [0.15, 0.2) is 73.3 Å². The standard InChI is InChI=1S/C21H26N2O2/c1-4-19(22-15-17-11-7-5-8-12-17)21(25)23(3)16(2)20(24)18-13-9-6-10-14-18/h4-14,16,19-20,22,24H,1,15H2,2-3H3/t16-,19-,20+/m0/s1. The van der Waals surface area contributed by atoms with E-state index in [-0.39, 0.29) is 11.9 Å². The number of rotatable bonds is 8. The van der Waals surface area contributed by atoms with E-state index < -0.39 is 12.1 Å². The Kier molecular flexibility index (Phi) is 6.92. The first-order valence-electron chi connectivity index (χ1n) is 8.44. The van der Waals surface area contributed by atoms with Gasteiger partial charge in [-0.05, 0) is 18.1 Å². The molecule has 0 unspecified atom stereocenters. The maximum Gasteiger partial charge on any atom is 0.243 e. The van der Waals surface area contributed by atoms with Crippen molar-refractivity contribution in [1.29, 1.82) is 0 Å². The molecule has 2 aromatic carbocycles. The Balaban J connectivity index is 1.99. The van der Waals surface area contributed by atoms with Crippen molar-refractivity contribution < 1.29 is 9.90 Å². The van der Waals surface area contributed by atoms with Crippen LogP contribution in [-0.2, 0) is 11.3 Å². The summed E-state index contributed by atoms with van der Waals surface area (Å²) in [5.41, 5.74) is 1.89. The molecule has 0 fully saturated rings. The summed E-state index contributed by atoms with van der Waals surface area (Å²) in [4.78, 5) is 14.3. The molecule has 25 heavy (non-hydrogen) atoms. The molecular weight excluding hydrogens is 312 g/mol. The zero-order valence-corrected chi connectivity index (χ0v) is 14.8. The molecule has 0 saturated heterocycles. The van der Waals surface area contributed by atoms with E-state index >= 15 is 0 Å². The summed E-state index contributed by atoms with van der Waals surface area (Å²) in [7, 11) is 1.71. The Morgan fingerprint density at radius 3 is 2.28 bits per heavy atom. The van der Waals surface area contributed by atoms with Crippen molar-refractivity contribution in [1.82, 2.24) is 10.2 Å². The maximum atomic E-state index is 12.8. The number of carbonyl (C=O) groups is 1. The smallest absolute Gasteiger partial charge is 0.243 e. The van der Waals surface area contributed by atoms with Crippen LogP contribution in [0.1, 0.15) is 24.2 Å². The molecule has 2 N–H and O–H groups in total. The van der Waals surface area contributed by atoms with Crippen LogP contribution in [0.25, 0.3) is 0 Å². The average Bonchev–Trinajstić information content (AvgIpc) is 2.68. The van der Waals surface area contributed by atoms with E-state index in [1.54, 1.807) is 18.0 Å². The largest absolute Gasteiger partial charge is 0.386 e. The number of amides is 1. The zero-order valence-electron chi connectivity index (χ0n) is 14.8. The third-order valence-electron chi connectivity index (χ3n) is 4.43. The summed E-state index contributed by atoms with van der Waals surface area (Å²) in [6, 6.07) is 18.4. The lowest BCUT2D eigenvalue weighted by molar-refractivity contribution is -0.135. The van der Waals surface area contributed by atoms with Gasteiger partial charge >= 0.3 is 0 Å². The third-order valence-corrected chi connectivity index (χ3v) is 4.43. The number of likely N-dealkylation sites (N-methyl/N-ethyl adjacent to an activating group) is 1. The minimum Gasteiger partial charge on any atom is -0.386 e. The van der Waals surface area contributed by atoms with Gasteiger partial charge in [0.1, 0.15) is 6.04 Å². The fraction of sp³-hybridized carbons (Fsp3) is 0.286. The summed E-state index contributed by atoms with van der Waals surface area (Å²) in [5, 5.41) is 13.7. The van der Waals surface area contributed by atoms with Crippen LogP contribution >= 0.6 is 0 Å². The molecule has 2 aromatic rings. The van der Waals surface area contributed by atoms with Gasteiger partial charge in [0.25, 0.3) is 0 Å². The summed E-state index contributed by atoms with van der Waals surface area (Å²) < 4.78 is 0. The average molecular weight is 338 g/mol. The van der Waals surface area contributed by atoms with Crippen molar-refractivity contribution in [3.05, 3.63) is 84.4 Å². The highest BCUT2D eigenvalue weighted by Crippen LogP contribution is 2.20. The minimum absolute atomic E-state index is 0.117. The van der Waals surface area contributed by atoms with Crippen LogP contribution in [0, 0.1) is 0 Å². The first-order valence-corrected chi connectivity index (χ1v) is 8.44. The van der Waals surface area contributed by atoms with E-state index in [4.69, 9.17) is 0 Å². The third kappa shape index (κ3) is 5.02. The predicted octanol–water partition coefficient (Wildman–Crippen LogP) is 2.91. The molecule has 0 aromatic heterocycles. The number of carbonyl (C=O) groups excluding carboxylic acids is 1. The molecule has 0 radical (unpaired) electrons. The van der Waals surface area contributed by atoms with E-state index in [0.717, 1.165) is 11.1 Å². The molecule has 0 saturated carbocycles. The Morgan fingerprint density at radius 1 is 1.16 bits per heavy atom. The molecule has 0 aliphatic rings. The van der Waals surface area contributed by atoms with Gasteiger partial charge < -0.3 is 10.0 Å². The van der Waals surface area contributed by atoms with E-state index in [1.165, 1.54) is 0 Å². The molecule has 0 spiro atoms. The number of hydrogen-bond donors (Lipinski definition) is 2. The first-order chi connectivity index (χ1) is 12.0. The summed E-state index contributed by atoms with van der Waals surface area (Å²) in [6.07, 6.45) is 0.860. The van der Waals surface area contributed by atoms with Crippen LogP contribution in [0.3, 0.4) is 0 Å². The lowest BCUT2D eigenvalue weighted by atomic mass is 10.0. The Labute approximate surface area is 149 Å². The van der Waals surface area contributed by atoms with Gasteiger partial charge in [-0.25, -0.2) is 0 Å². The van der Waals surface area contributed by atoms with Gasteiger partial charge in [-0.15, -0.1) is 6.58 Å². The SMILES string of the molecule is C=C[C@H](NCc1ccccc1)C(=O)N(C)[C@@H](C)[C@@H](O)c1ccccc1. The summed E-state index contributed by atoms with van der Waals surface area (Å²) >= 11 is 0. The Hall–Kier alpha value is -2.43. The van der Waals surface area contributed by atoms with E-state index in [9.17, 15) is 9.90 Å². The fourth-order valence-corrected chi connectivity index (χ4v) is 2.66. The summed E-state index contributed by atoms with van der Waals surface area (Å²) in [6.45, 7) is 6.18. The van der Waals surface area contributed by atoms with Gasteiger partial charge in [-0.3, -0.25) is 10.1 Å². The monoisotopic (exact) mass is 338 g/mol. The highest BCUT2D eigenvalue weighted by Gasteiger charge is 2.27. The van der Waals surface area contributed by atoms with Gasteiger partial charge in [0, 0.05) is 13.6 Å². The minimum atomic E-state index is -0.741. The van der Waals surface area contributed by atoms with Crippen LogP contribution in [0.5, 0.6) is 0 Å². The second-order valence-electron chi connectivity index (χ2n) is 6.13. The van der Waals surface area contributed by atoms with Gasteiger partial charge in [0.2, 0.25) is 5.91 Å². The summed E-state index contributed by atoms with van der Waals surface area (Å²) in [5.74, 6) is -0.117. The van der Waals surface area contributed by atoms with Crippen molar-refractivity contribution in [3.63, 3.8) is 0 Å². The van der Waals surface area contributed by atoms with Crippen molar-refractivity contribution >= 4 is 5.91 Å². The Morgan fingerprint density at radius 2 is 1.72 bits per heavy atom. The van der Waals surface area contributed by atoms with Crippen LogP contribution in [0.2, 0.25) is 0 Å². The highest BCUT2D eigenvalue weighted by molar-refractivity contribution is 5.83. The van der Waals surface area contributed by atoms with E-state index in [1.807, 2.05) is 67.6 Å². The fourth-order valence-electron chi connectivity index (χ4n) is 2.66. The number of nitrogens with zero attached hydrogens (tertiary/aromatic N) is 1. The van der Waals surface area contributed by atoms with E-state index in [0.29, 0.717) is 6.54 Å². The number of benzene rings is 2. The second kappa shape index (κ2) is 9.16. The molecule has 1 amide bonds. The topological polar surface area (TPSA) is 52.6 Å². The molecule has 0 bridgehead atoms. The lowest BCUT2D eigenvalue weighted by Gasteiger charge is -2.31. The van der Waals surface area contributed by atoms with Crippen molar-refractivity contribution in [3.8, 4) is 0 Å². The maximum absolute atomic E-state index is 12.8. The molecule has 4 heteroatoms. The second-order valence-corrected chi connectivity index (χ2v) is 6.13. The molecule has 3 atom stereocenters. The quantitative estimate of drug-likeness (QED) is 0.728. The van der Waals surface area contributed by atoms with Crippen molar-refractivity contribution in [2.24, 2.45) is 0 Å². The number of hydrogen-bond acceptors (Lipinski definition) is 3. The van der Waals surface area contributed by atoms with Crippen LogP contribution in [0.4, 0.5) is 0 Å². The van der Waals surface area contributed by atoms with Crippen molar-refractivity contribution in [2.75, 3.05) is 7.05 Å². The first kappa shape index (κ1) is 18.9. The highest BCUT2D eigenvalue weighted by atomic mass is 16.3. The Bertz CT molecular complexity index is 673. The molecule has 2 rings (SSSR count). The van der Waals surface area contributed by atoms with Gasteiger partial charge in [-0.1, -0.05) is 66.7 Å². The van der Waals surface area contributed by atoms with Gasteiger partial charge in [0.05, 0.1) is 12.1 Å². The predicted molar refractivity (Wildman–Crippen MR) is 101 cm³/mol. The van der Waals surface area contributed by atoms with E-state index in [2.05, 4.69) is 11.9 Å². The molecule has 0 heterocycles.